The predicted molar refractivity (Wildman–Crippen MR) is 87.3 cm³/mol. The zero-order chi connectivity index (χ0) is 15.1. The van der Waals surface area contributed by atoms with Crippen molar-refractivity contribution in [2.75, 3.05) is 6.79 Å². The van der Waals surface area contributed by atoms with Crippen molar-refractivity contribution in [1.29, 1.82) is 0 Å². The van der Waals surface area contributed by atoms with E-state index in [2.05, 4.69) is 9.55 Å². The first-order valence-corrected chi connectivity index (χ1v) is 7.25. The van der Waals surface area contributed by atoms with Crippen LogP contribution in [-0.4, -0.2) is 21.3 Å². The summed E-state index contributed by atoms with van der Waals surface area (Å²) < 4.78 is 12.9. The molecule has 1 aliphatic heterocycles. The van der Waals surface area contributed by atoms with Gasteiger partial charge in [0.1, 0.15) is 4.99 Å². The third-order valence-corrected chi connectivity index (χ3v) is 3.96. The van der Waals surface area contributed by atoms with Crippen molar-refractivity contribution in [3.8, 4) is 11.5 Å². The highest BCUT2D eigenvalue weighted by molar-refractivity contribution is 7.80. The van der Waals surface area contributed by atoms with Crippen LogP contribution in [0.15, 0.2) is 42.7 Å². The molecule has 5 nitrogen and oxygen atoms in total. The van der Waals surface area contributed by atoms with Gasteiger partial charge in [-0.1, -0.05) is 36.5 Å². The zero-order valence-electron chi connectivity index (χ0n) is 11.7. The van der Waals surface area contributed by atoms with E-state index in [1.807, 2.05) is 36.4 Å². The van der Waals surface area contributed by atoms with Gasteiger partial charge in [-0.25, -0.2) is 4.98 Å². The van der Waals surface area contributed by atoms with Crippen molar-refractivity contribution < 1.29 is 9.47 Å². The minimum Gasteiger partial charge on any atom is -0.454 e. The average Bonchev–Trinajstić information content (AvgIpc) is 3.12. The molecule has 4 rings (SSSR count). The van der Waals surface area contributed by atoms with E-state index < -0.39 is 0 Å². The van der Waals surface area contributed by atoms with Crippen molar-refractivity contribution in [2.24, 2.45) is 5.73 Å². The number of fused-ring (bicyclic) bond motifs is 2. The summed E-state index contributed by atoms with van der Waals surface area (Å²) in [5.74, 6) is 1.48. The van der Waals surface area contributed by atoms with Crippen LogP contribution in [0.3, 0.4) is 0 Å². The number of aromatic nitrogens is 2. The van der Waals surface area contributed by atoms with Crippen molar-refractivity contribution in [2.45, 2.75) is 6.54 Å². The Bertz CT molecular complexity index is 888. The Labute approximate surface area is 132 Å². The second kappa shape index (κ2) is 4.99. The maximum Gasteiger partial charge on any atom is 0.231 e. The second-order valence-corrected chi connectivity index (χ2v) is 5.53. The number of rotatable bonds is 3. The molecule has 6 heteroatoms. The molecule has 3 aromatic rings. The average molecular weight is 311 g/mol. The molecule has 110 valence electrons. The molecule has 0 radical (unpaired) electrons. The molecule has 0 atom stereocenters. The van der Waals surface area contributed by atoms with Crippen LogP contribution in [0.2, 0.25) is 0 Å². The van der Waals surface area contributed by atoms with E-state index in [0.29, 0.717) is 11.5 Å². The molecule has 0 bridgehead atoms. The SMILES string of the molecule is NC(=S)c1ccccc1Cn1cnc2cc3c(cc21)OCO3. The third-order valence-electron chi connectivity index (χ3n) is 3.74. The molecule has 0 amide bonds. The fourth-order valence-corrected chi connectivity index (χ4v) is 2.86. The number of hydrogen-bond donors (Lipinski definition) is 1. The van der Waals surface area contributed by atoms with Crippen LogP contribution >= 0.6 is 12.2 Å². The van der Waals surface area contributed by atoms with Gasteiger partial charge in [0, 0.05) is 24.2 Å². The molecule has 1 aliphatic rings. The van der Waals surface area contributed by atoms with Crippen LogP contribution in [0, 0.1) is 0 Å². The van der Waals surface area contributed by atoms with Crippen LogP contribution in [-0.2, 0) is 6.54 Å². The van der Waals surface area contributed by atoms with Gasteiger partial charge in [0.25, 0.3) is 0 Å². The zero-order valence-corrected chi connectivity index (χ0v) is 12.5. The van der Waals surface area contributed by atoms with Gasteiger partial charge in [-0.15, -0.1) is 0 Å². The quantitative estimate of drug-likeness (QED) is 0.753. The number of ether oxygens (including phenoxy) is 2. The van der Waals surface area contributed by atoms with E-state index in [9.17, 15) is 0 Å². The molecule has 0 fully saturated rings. The van der Waals surface area contributed by atoms with E-state index in [-0.39, 0.29) is 6.79 Å². The molecule has 0 saturated heterocycles. The molecule has 1 aromatic heterocycles. The molecular weight excluding hydrogens is 298 g/mol. The highest BCUT2D eigenvalue weighted by Gasteiger charge is 2.17. The van der Waals surface area contributed by atoms with E-state index in [4.69, 9.17) is 27.4 Å². The summed E-state index contributed by atoms with van der Waals surface area (Å²) in [6.07, 6.45) is 1.80. The lowest BCUT2D eigenvalue weighted by molar-refractivity contribution is 0.174. The standard InChI is InChI=1S/C16H13N3O2S/c17-16(22)11-4-2-1-3-10(11)7-19-8-18-12-5-14-15(6-13(12)19)21-9-20-14/h1-6,8H,7,9H2,(H2,17,22). The molecule has 0 saturated carbocycles. The largest absolute Gasteiger partial charge is 0.454 e. The number of nitrogens with two attached hydrogens (primary N) is 1. The Hall–Kier alpha value is -2.60. The summed E-state index contributed by atoms with van der Waals surface area (Å²) >= 11 is 5.12. The number of benzene rings is 2. The first-order valence-electron chi connectivity index (χ1n) is 6.84. The molecule has 2 aromatic carbocycles. The maximum absolute atomic E-state index is 5.80. The highest BCUT2D eigenvalue weighted by Crippen LogP contribution is 2.35. The number of imidazole rings is 1. The van der Waals surface area contributed by atoms with Crippen LogP contribution in [0.5, 0.6) is 11.5 Å². The monoisotopic (exact) mass is 311 g/mol. The van der Waals surface area contributed by atoms with Gasteiger partial charge in [0.05, 0.1) is 17.4 Å². The molecule has 2 heterocycles. The summed E-state index contributed by atoms with van der Waals surface area (Å²) in [7, 11) is 0. The highest BCUT2D eigenvalue weighted by atomic mass is 32.1. The van der Waals surface area contributed by atoms with Crippen molar-refractivity contribution >= 4 is 28.2 Å². The number of hydrogen-bond acceptors (Lipinski definition) is 4. The van der Waals surface area contributed by atoms with Gasteiger partial charge < -0.3 is 19.8 Å². The fraction of sp³-hybridized carbons (Fsp3) is 0.125. The van der Waals surface area contributed by atoms with Gasteiger partial charge in [-0.2, -0.15) is 0 Å². The topological polar surface area (TPSA) is 62.3 Å². The lowest BCUT2D eigenvalue weighted by atomic mass is 10.1. The Morgan fingerprint density at radius 1 is 1.23 bits per heavy atom. The van der Waals surface area contributed by atoms with Gasteiger partial charge in [0.2, 0.25) is 6.79 Å². The Balaban J connectivity index is 1.78. The first kappa shape index (κ1) is 13.1. The summed E-state index contributed by atoms with van der Waals surface area (Å²) in [4.78, 5) is 4.83. The summed E-state index contributed by atoms with van der Waals surface area (Å²) in [5, 5.41) is 0. The molecule has 0 aliphatic carbocycles. The Morgan fingerprint density at radius 3 is 2.82 bits per heavy atom. The minimum atomic E-state index is 0.256. The number of nitrogens with zero attached hydrogens (tertiary/aromatic N) is 2. The third kappa shape index (κ3) is 2.08. The lowest BCUT2D eigenvalue weighted by Gasteiger charge is -2.10. The normalized spacial score (nSPS) is 12.7. The first-order chi connectivity index (χ1) is 10.7. The van der Waals surface area contributed by atoms with E-state index >= 15 is 0 Å². The van der Waals surface area contributed by atoms with Crippen LogP contribution in [0.4, 0.5) is 0 Å². The lowest BCUT2D eigenvalue weighted by Crippen LogP contribution is -2.13. The molecule has 0 spiro atoms. The predicted octanol–water partition coefficient (Wildman–Crippen LogP) is 2.45. The maximum atomic E-state index is 5.80. The van der Waals surface area contributed by atoms with E-state index in [0.717, 1.165) is 33.7 Å². The second-order valence-electron chi connectivity index (χ2n) is 5.09. The van der Waals surface area contributed by atoms with Gasteiger partial charge in [-0.05, 0) is 5.56 Å². The van der Waals surface area contributed by atoms with Crippen LogP contribution in [0.25, 0.3) is 11.0 Å². The van der Waals surface area contributed by atoms with Crippen molar-refractivity contribution in [3.63, 3.8) is 0 Å². The Morgan fingerprint density at radius 2 is 2.00 bits per heavy atom. The molecular formula is C16H13N3O2S. The smallest absolute Gasteiger partial charge is 0.231 e. The van der Waals surface area contributed by atoms with E-state index in [1.165, 1.54) is 0 Å². The molecule has 2 N–H and O–H groups in total. The van der Waals surface area contributed by atoms with Crippen molar-refractivity contribution in [3.05, 3.63) is 53.9 Å². The van der Waals surface area contributed by atoms with Crippen molar-refractivity contribution in [1.82, 2.24) is 9.55 Å². The molecule has 22 heavy (non-hydrogen) atoms. The number of thiocarbonyl (C=S) groups is 1. The van der Waals surface area contributed by atoms with Gasteiger partial charge in [0.15, 0.2) is 11.5 Å². The van der Waals surface area contributed by atoms with Crippen LogP contribution < -0.4 is 15.2 Å². The fourth-order valence-electron chi connectivity index (χ4n) is 2.66. The summed E-state index contributed by atoms with van der Waals surface area (Å²) in [6, 6.07) is 11.7. The van der Waals surface area contributed by atoms with Gasteiger partial charge >= 0.3 is 0 Å². The summed E-state index contributed by atoms with van der Waals surface area (Å²) in [5.41, 5.74) is 9.61. The van der Waals surface area contributed by atoms with Crippen LogP contribution in [0.1, 0.15) is 11.1 Å². The Kier molecular flexibility index (Phi) is 2.97. The molecule has 0 unspecified atom stereocenters. The van der Waals surface area contributed by atoms with E-state index in [1.54, 1.807) is 6.33 Å². The minimum absolute atomic E-state index is 0.256. The summed E-state index contributed by atoms with van der Waals surface area (Å²) in [6.45, 7) is 0.899. The van der Waals surface area contributed by atoms with Gasteiger partial charge in [-0.3, -0.25) is 0 Å².